The van der Waals surface area contributed by atoms with E-state index < -0.39 is 36.2 Å². The monoisotopic (exact) mass is 427 g/mol. The molecule has 1 amide bonds. The van der Waals surface area contributed by atoms with Gasteiger partial charge in [-0.05, 0) is 57.4 Å². The summed E-state index contributed by atoms with van der Waals surface area (Å²) in [6.45, 7) is 5.95. The molecule has 1 aromatic rings. The van der Waals surface area contributed by atoms with E-state index in [9.17, 15) is 19.5 Å². The van der Waals surface area contributed by atoms with Gasteiger partial charge in [-0.1, -0.05) is 6.07 Å². The fourth-order valence-corrected chi connectivity index (χ4v) is 3.79. The predicted molar refractivity (Wildman–Crippen MR) is 109 cm³/mol. The van der Waals surface area contributed by atoms with Gasteiger partial charge in [0.05, 0.1) is 34.7 Å². The van der Waals surface area contributed by atoms with Gasteiger partial charge < -0.3 is 25.2 Å². The number of esters is 2. The van der Waals surface area contributed by atoms with Gasteiger partial charge in [-0.25, -0.2) is 4.79 Å². The number of anilines is 1. The highest BCUT2D eigenvalue weighted by Gasteiger charge is 2.57. The van der Waals surface area contributed by atoms with Gasteiger partial charge in [0.15, 0.2) is 0 Å². The first-order valence-corrected chi connectivity index (χ1v) is 9.86. The normalized spacial score (nSPS) is 21.2. The van der Waals surface area contributed by atoms with Crippen LogP contribution in [0.2, 0.25) is 0 Å². The molecule has 2 aliphatic rings. The number of ether oxygens (including phenoxy) is 2. The molecule has 0 bridgehead atoms. The molecule has 1 aromatic carbocycles. The predicted octanol–water partition coefficient (Wildman–Crippen LogP) is 1.55. The van der Waals surface area contributed by atoms with Gasteiger partial charge in [-0.3, -0.25) is 9.59 Å². The highest BCUT2D eigenvalue weighted by Crippen LogP contribution is 2.47. The fraction of sp³-hybridized carbons (Fsp3) is 0.455. The number of nitrogens with zero attached hydrogens (tertiary/aromatic N) is 2. The number of aliphatic hydroxyl groups is 1. The lowest BCUT2D eigenvalue weighted by Gasteiger charge is -2.44. The Bertz CT molecular complexity index is 1020. The minimum absolute atomic E-state index is 0.0304. The summed E-state index contributed by atoms with van der Waals surface area (Å²) in [7, 11) is 0. The summed E-state index contributed by atoms with van der Waals surface area (Å²) in [5, 5.41) is 19.1. The summed E-state index contributed by atoms with van der Waals surface area (Å²) in [5.74, 6) is -2.36. The number of amides is 1. The molecule has 3 N–H and O–H groups in total. The van der Waals surface area contributed by atoms with Gasteiger partial charge >= 0.3 is 11.9 Å². The molecule has 9 nitrogen and oxygen atoms in total. The molecule has 9 heteroatoms. The van der Waals surface area contributed by atoms with E-state index in [1.807, 2.05) is 6.07 Å². The number of nitrogens with two attached hydrogens (primary N) is 1. The van der Waals surface area contributed by atoms with E-state index in [1.165, 1.54) is 17.9 Å². The lowest BCUT2D eigenvalue weighted by Crippen LogP contribution is -2.61. The van der Waals surface area contributed by atoms with Crippen LogP contribution in [0.3, 0.4) is 0 Å². The molecule has 2 aliphatic heterocycles. The van der Waals surface area contributed by atoms with E-state index in [0.29, 0.717) is 23.1 Å². The number of carbonyl (C=O) groups excluding carboxylic acids is 3. The zero-order valence-electron chi connectivity index (χ0n) is 17.8. The molecule has 2 heterocycles. The van der Waals surface area contributed by atoms with Gasteiger partial charge in [0.25, 0.3) is 0 Å². The molecule has 164 valence electrons. The Hall–Kier alpha value is -3.38. The van der Waals surface area contributed by atoms with Crippen molar-refractivity contribution in [3.05, 3.63) is 35.0 Å². The number of hydrogen-bond acceptors (Lipinski definition) is 8. The topological polar surface area (TPSA) is 143 Å². The second kappa shape index (κ2) is 8.04. The molecule has 3 rings (SSSR count). The Balaban J connectivity index is 1.90. The Morgan fingerprint density at radius 3 is 2.58 bits per heavy atom. The van der Waals surface area contributed by atoms with Crippen LogP contribution < -0.4 is 5.73 Å². The van der Waals surface area contributed by atoms with Crippen LogP contribution in [0.1, 0.15) is 45.2 Å². The van der Waals surface area contributed by atoms with Crippen molar-refractivity contribution >= 4 is 29.1 Å². The number of aliphatic hydroxyl groups excluding tert-OH is 1. The Morgan fingerprint density at radius 1 is 1.35 bits per heavy atom. The standard InChI is InChI=1S/C22H25N3O6/c1-11(26)17-16-8-14(12-5-6-13(9-23)15(24)7-12)18(25(16)19(17)27)20(28)30-10-31-21(29)22(2,3)4/h5-7,11,16-17,26H,8,10,24H2,1-4H3/t11-,16-,17-/m1/s1. The van der Waals surface area contributed by atoms with Crippen LogP contribution in [0.5, 0.6) is 0 Å². The number of rotatable bonds is 5. The van der Waals surface area contributed by atoms with E-state index in [1.54, 1.807) is 32.9 Å². The summed E-state index contributed by atoms with van der Waals surface area (Å²) in [4.78, 5) is 38.7. The summed E-state index contributed by atoms with van der Waals surface area (Å²) in [5.41, 5.74) is 6.82. The summed E-state index contributed by atoms with van der Waals surface area (Å²) < 4.78 is 10.1. The maximum atomic E-state index is 12.9. The molecule has 1 fully saturated rings. The van der Waals surface area contributed by atoms with E-state index >= 15 is 0 Å². The second-order valence-electron chi connectivity index (χ2n) is 8.72. The highest BCUT2D eigenvalue weighted by molar-refractivity contribution is 6.07. The first-order valence-electron chi connectivity index (χ1n) is 9.86. The molecule has 0 saturated carbocycles. The van der Waals surface area contributed by atoms with Gasteiger partial charge in [-0.15, -0.1) is 0 Å². The smallest absolute Gasteiger partial charge is 0.358 e. The van der Waals surface area contributed by atoms with Crippen molar-refractivity contribution in [2.24, 2.45) is 11.3 Å². The number of β-lactam (4-membered cyclic amide) rings is 1. The molecule has 0 aliphatic carbocycles. The van der Waals surface area contributed by atoms with Crippen molar-refractivity contribution < 1.29 is 29.0 Å². The van der Waals surface area contributed by atoms with E-state index in [2.05, 4.69) is 0 Å². The van der Waals surface area contributed by atoms with Gasteiger partial charge in [0, 0.05) is 0 Å². The van der Waals surface area contributed by atoms with Crippen molar-refractivity contribution in [3.63, 3.8) is 0 Å². The zero-order valence-corrected chi connectivity index (χ0v) is 17.8. The minimum Gasteiger partial charge on any atom is -0.427 e. The van der Waals surface area contributed by atoms with Crippen LogP contribution in [0.15, 0.2) is 23.9 Å². The van der Waals surface area contributed by atoms with Crippen molar-refractivity contribution in [1.29, 1.82) is 5.26 Å². The van der Waals surface area contributed by atoms with Crippen LogP contribution in [0, 0.1) is 22.7 Å². The Kier molecular flexibility index (Phi) is 5.79. The molecule has 0 spiro atoms. The second-order valence-corrected chi connectivity index (χ2v) is 8.72. The van der Waals surface area contributed by atoms with Crippen LogP contribution in [-0.2, 0) is 23.9 Å². The summed E-state index contributed by atoms with van der Waals surface area (Å²) in [6, 6.07) is 6.33. The SMILES string of the molecule is C[C@@H](O)[C@H]1C(=O)N2C(C(=O)OCOC(=O)C(C)(C)C)=C(c3ccc(C#N)c(N)c3)C[C@H]12. The van der Waals surface area contributed by atoms with Crippen LogP contribution in [0.25, 0.3) is 5.57 Å². The third-order valence-corrected chi connectivity index (χ3v) is 5.43. The molecule has 31 heavy (non-hydrogen) atoms. The number of fused-ring (bicyclic) bond motifs is 1. The van der Waals surface area contributed by atoms with Crippen LogP contribution in [-0.4, -0.2) is 46.8 Å². The maximum absolute atomic E-state index is 12.9. The summed E-state index contributed by atoms with van der Waals surface area (Å²) >= 11 is 0. The average molecular weight is 427 g/mol. The Labute approximate surface area is 180 Å². The van der Waals surface area contributed by atoms with Crippen molar-refractivity contribution in [1.82, 2.24) is 4.90 Å². The maximum Gasteiger partial charge on any atom is 0.358 e. The zero-order chi connectivity index (χ0) is 23.1. The molecule has 0 radical (unpaired) electrons. The lowest BCUT2D eigenvalue weighted by atomic mass is 9.82. The quantitative estimate of drug-likeness (QED) is 0.312. The van der Waals surface area contributed by atoms with E-state index in [4.69, 9.17) is 20.5 Å². The molecule has 3 atom stereocenters. The third-order valence-electron chi connectivity index (χ3n) is 5.43. The summed E-state index contributed by atoms with van der Waals surface area (Å²) in [6.07, 6.45) is -0.553. The van der Waals surface area contributed by atoms with Crippen LogP contribution in [0.4, 0.5) is 5.69 Å². The first-order chi connectivity index (χ1) is 14.5. The minimum atomic E-state index is -0.871. The fourth-order valence-electron chi connectivity index (χ4n) is 3.79. The van der Waals surface area contributed by atoms with Crippen molar-refractivity contribution in [2.75, 3.05) is 12.5 Å². The number of nitrogen functional groups attached to an aromatic ring is 1. The van der Waals surface area contributed by atoms with Crippen LogP contribution >= 0.6 is 0 Å². The average Bonchev–Trinajstić information content (AvgIpc) is 3.01. The molecular weight excluding hydrogens is 402 g/mol. The van der Waals surface area contributed by atoms with Gasteiger partial charge in [0.1, 0.15) is 11.8 Å². The first kappa shape index (κ1) is 22.3. The molecule has 1 saturated heterocycles. The molecule has 0 unspecified atom stereocenters. The third kappa shape index (κ3) is 3.99. The largest absolute Gasteiger partial charge is 0.427 e. The Morgan fingerprint density at radius 2 is 2.03 bits per heavy atom. The lowest BCUT2D eigenvalue weighted by molar-refractivity contribution is -0.175. The van der Waals surface area contributed by atoms with Crippen molar-refractivity contribution in [3.8, 4) is 6.07 Å². The number of benzene rings is 1. The number of hydrogen-bond donors (Lipinski definition) is 2. The molecular formula is C22H25N3O6. The van der Waals surface area contributed by atoms with E-state index in [-0.39, 0.29) is 23.3 Å². The van der Waals surface area contributed by atoms with Crippen molar-refractivity contribution in [2.45, 2.75) is 46.3 Å². The highest BCUT2D eigenvalue weighted by atomic mass is 16.7. The van der Waals surface area contributed by atoms with Gasteiger partial charge in [0.2, 0.25) is 12.7 Å². The molecule has 0 aromatic heterocycles. The number of nitriles is 1. The van der Waals surface area contributed by atoms with E-state index in [0.717, 1.165) is 0 Å². The van der Waals surface area contributed by atoms with Gasteiger partial charge in [-0.2, -0.15) is 5.26 Å². The number of carbonyl (C=O) groups is 3.